The molecule has 0 bridgehead atoms. The Morgan fingerprint density at radius 1 is 1.00 bits per heavy atom. The Bertz CT molecular complexity index is 853. The van der Waals surface area contributed by atoms with E-state index in [1.807, 2.05) is 12.1 Å². The lowest BCUT2D eigenvalue weighted by atomic mass is 10.1. The Labute approximate surface area is 144 Å². The summed E-state index contributed by atoms with van der Waals surface area (Å²) in [7, 11) is -3.76. The Hall–Kier alpha value is -2.59. The van der Waals surface area contributed by atoms with E-state index in [9.17, 15) is 8.42 Å². The van der Waals surface area contributed by atoms with Crippen LogP contribution in [0.1, 0.15) is 11.1 Å². The van der Waals surface area contributed by atoms with Crippen molar-refractivity contribution in [2.45, 2.75) is 11.3 Å². The van der Waals surface area contributed by atoms with Crippen LogP contribution in [-0.2, 0) is 16.4 Å². The molecule has 2 aromatic rings. The molecule has 0 fully saturated rings. The van der Waals surface area contributed by atoms with Crippen LogP contribution in [0, 0.1) is 6.58 Å². The van der Waals surface area contributed by atoms with E-state index < -0.39 is 10.0 Å². The molecule has 0 aliphatic rings. The molecule has 2 aromatic carbocycles. The van der Waals surface area contributed by atoms with Gasteiger partial charge in [-0.15, -0.1) is 13.2 Å². The standard InChI is InChI=1S/C20H20NO2S/c1-4-11-18-13-8-10-15-20(18)24(22,23)21(16-5-2)19-14-9-7-12-17(19)6-3/h3-10,12-15H,1-2,11,16H2. The largest absolute Gasteiger partial charge is 0.264 e. The van der Waals surface area contributed by atoms with Crippen molar-refractivity contribution in [1.29, 1.82) is 0 Å². The van der Waals surface area contributed by atoms with Crippen molar-refractivity contribution in [3.63, 3.8) is 0 Å². The van der Waals surface area contributed by atoms with Gasteiger partial charge in [-0.05, 0) is 29.7 Å². The summed E-state index contributed by atoms with van der Waals surface area (Å²) in [6.07, 6.45) is 5.12. The lowest BCUT2D eigenvalue weighted by Gasteiger charge is -2.26. The van der Waals surface area contributed by atoms with Gasteiger partial charge in [0.25, 0.3) is 10.0 Å². The molecule has 3 nitrogen and oxygen atoms in total. The van der Waals surface area contributed by atoms with Crippen LogP contribution in [0.15, 0.2) is 78.7 Å². The number of hydrogen-bond donors (Lipinski definition) is 0. The molecule has 24 heavy (non-hydrogen) atoms. The molecule has 0 heterocycles. The fraction of sp³-hybridized carbons (Fsp3) is 0.100. The summed E-state index contributed by atoms with van der Waals surface area (Å²) in [6, 6.07) is 14.0. The highest BCUT2D eigenvalue weighted by Crippen LogP contribution is 2.29. The predicted octanol–water partition coefficient (Wildman–Crippen LogP) is 4.24. The summed E-state index contributed by atoms with van der Waals surface area (Å²) < 4.78 is 27.9. The average molecular weight is 338 g/mol. The fourth-order valence-corrected chi connectivity index (χ4v) is 4.19. The van der Waals surface area contributed by atoms with Gasteiger partial charge in [-0.3, -0.25) is 4.31 Å². The van der Waals surface area contributed by atoms with Crippen molar-refractivity contribution in [1.82, 2.24) is 0 Å². The lowest BCUT2D eigenvalue weighted by molar-refractivity contribution is 0.592. The SMILES string of the molecule is [CH]=Cc1ccccc1N(CC=C)S(=O)(=O)c1ccccc1CC=C. The minimum atomic E-state index is -3.76. The first kappa shape index (κ1) is 17.8. The van der Waals surface area contributed by atoms with Crippen LogP contribution in [0.2, 0.25) is 0 Å². The van der Waals surface area contributed by atoms with Crippen LogP contribution in [0.4, 0.5) is 5.69 Å². The van der Waals surface area contributed by atoms with Crippen molar-refractivity contribution in [3.8, 4) is 0 Å². The number of hydrogen-bond acceptors (Lipinski definition) is 2. The van der Waals surface area contributed by atoms with Crippen LogP contribution in [-0.4, -0.2) is 15.0 Å². The first-order valence-corrected chi connectivity index (χ1v) is 8.96. The summed E-state index contributed by atoms with van der Waals surface area (Å²) in [5.74, 6) is 0. The maximum atomic E-state index is 13.3. The van der Waals surface area contributed by atoms with Crippen molar-refractivity contribution in [3.05, 3.63) is 91.5 Å². The Kier molecular flexibility index (Phi) is 5.77. The van der Waals surface area contributed by atoms with Gasteiger partial charge in [0.1, 0.15) is 0 Å². The quantitative estimate of drug-likeness (QED) is 0.675. The summed E-state index contributed by atoms with van der Waals surface area (Å²) in [5.41, 5.74) is 1.87. The molecule has 0 aliphatic carbocycles. The van der Waals surface area contributed by atoms with Crippen LogP contribution in [0.25, 0.3) is 6.08 Å². The molecule has 0 amide bonds. The topological polar surface area (TPSA) is 37.4 Å². The van der Waals surface area contributed by atoms with E-state index in [1.54, 1.807) is 48.6 Å². The van der Waals surface area contributed by atoms with Crippen LogP contribution >= 0.6 is 0 Å². The number of anilines is 1. The average Bonchev–Trinajstić information content (AvgIpc) is 2.60. The second-order valence-corrected chi connectivity index (χ2v) is 6.98. The number of nitrogens with zero attached hydrogens (tertiary/aromatic N) is 1. The third-order valence-electron chi connectivity index (χ3n) is 3.58. The third-order valence-corrected chi connectivity index (χ3v) is 5.46. The minimum Gasteiger partial charge on any atom is -0.262 e. The Morgan fingerprint density at radius 3 is 2.33 bits per heavy atom. The number of sulfonamides is 1. The van der Waals surface area contributed by atoms with Crippen molar-refractivity contribution >= 4 is 21.8 Å². The number of allylic oxidation sites excluding steroid dienone is 1. The molecule has 0 saturated carbocycles. The van der Waals surface area contributed by atoms with E-state index in [2.05, 4.69) is 13.2 Å². The number of rotatable bonds is 8. The van der Waals surface area contributed by atoms with Gasteiger partial charge in [-0.2, -0.15) is 0 Å². The molecular formula is C20H20NO2S. The van der Waals surface area contributed by atoms with Crippen molar-refractivity contribution < 1.29 is 8.42 Å². The zero-order chi connectivity index (χ0) is 17.6. The fourth-order valence-electron chi connectivity index (χ4n) is 2.50. The molecule has 2 rings (SSSR count). The highest BCUT2D eigenvalue weighted by molar-refractivity contribution is 7.92. The van der Waals surface area contributed by atoms with E-state index in [-0.39, 0.29) is 11.4 Å². The highest BCUT2D eigenvalue weighted by atomic mass is 32.2. The van der Waals surface area contributed by atoms with Gasteiger partial charge in [-0.1, -0.05) is 61.2 Å². The first-order valence-electron chi connectivity index (χ1n) is 7.52. The van der Waals surface area contributed by atoms with Crippen molar-refractivity contribution in [2.24, 2.45) is 0 Å². The molecule has 0 atom stereocenters. The van der Waals surface area contributed by atoms with Crippen LogP contribution < -0.4 is 4.31 Å². The van der Waals surface area contributed by atoms with Gasteiger partial charge in [0.05, 0.1) is 17.1 Å². The molecule has 0 spiro atoms. The summed E-state index contributed by atoms with van der Waals surface area (Å²) in [6.45, 7) is 13.2. The molecular weight excluding hydrogens is 318 g/mol. The number of para-hydroxylation sites is 1. The second kappa shape index (κ2) is 7.79. The van der Waals surface area contributed by atoms with Crippen LogP contribution in [0.3, 0.4) is 0 Å². The highest BCUT2D eigenvalue weighted by Gasteiger charge is 2.27. The van der Waals surface area contributed by atoms with Gasteiger partial charge < -0.3 is 0 Å². The number of benzene rings is 2. The summed E-state index contributed by atoms with van der Waals surface area (Å²) in [5, 5.41) is 0. The van der Waals surface area contributed by atoms with E-state index >= 15 is 0 Å². The van der Waals surface area contributed by atoms with Gasteiger partial charge in [0, 0.05) is 0 Å². The maximum absolute atomic E-state index is 13.3. The van der Waals surface area contributed by atoms with Gasteiger partial charge in [-0.25, -0.2) is 8.42 Å². The smallest absolute Gasteiger partial charge is 0.262 e. The lowest BCUT2D eigenvalue weighted by Crippen LogP contribution is -2.32. The molecule has 4 heteroatoms. The zero-order valence-corrected chi connectivity index (χ0v) is 14.2. The minimum absolute atomic E-state index is 0.148. The summed E-state index contributed by atoms with van der Waals surface area (Å²) in [4.78, 5) is 0.263. The van der Waals surface area contributed by atoms with Gasteiger partial charge in [0.2, 0.25) is 0 Å². The van der Waals surface area contributed by atoms with E-state index in [0.717, 1.165) is 0 Å². The summed E-state index contributed by atoms with van der Waals surface area (Å²) >= 11 is 0. The molecule has 0 aliphatic heterocycles. The molecule has 1 radical (unpaired) electrons. The van der Waals surface area contributed by atoms with Crippen LogP contribution in [0.5, 0.6) is 0 Å². The molecule has 0 unspecified atom stereocenters. The van der Waals surface area contributed by atoms with Gasteiger partial charge in [0.15, 0.2) is 0 Å². The molecule has 0 aromatic heterocycles. The monoisotopic (exact) mass is 338 g/mol. The van der Waals surface area contributed by atoms with E-state index in [0.29, 0.717) is 23.2 Å². The van der Waals surface area contributed by atoms with E-state index in [4.69, 9.17) is 6.58 Å². The molecule has 0 N–H and O–H groups in total. The predicted molar refractivity (Wildman–Crippen MR) is 100 cm³/mol. The third kappa shape index (κ3) is 3.49. The normalized spacial score (nSPS) is 10.8. The van der Waals surface area contributed by atoms with Gasteiger partial charge >= 0.3 is 0 Å². The molecule has 0 saturated heterocycles. The van der Waals surface area contributed by atoms with Crippen molar-refractivity contribution in [2.75, 3.05) is 10.8 Å². The zero-order valence-electron chi connectivity index (χ0n) is 13.4. The maximum Gasteiger partial charge on any atom is 0.264 e. The second-order valence-electron chi connectivity index (χ2n) is 5.15. The Balaban J connectivity index is 2.64. The first-order chi connectivity index (χ1) is 11.6. The molecule has 123 valence electrons. The Morgan fingerprint density at radius 2 is 1.67 bits per heavy atom. The van der Waals surface area contributed by atoms with E-state index in [1.165, 1.54) is 10.4 Å².